The highest BCUT2D eigenvalue weighted by atomic mass is 79.9. The minimum atomic E-state index is -0.494. The van der Waals surface area contributed by atoms with Crippen molar-refractivity contribution >= 4 is 68.1 Å². The molecule has 2 amide bonds. The molecular weight excluding hydrogens is 504 g/mol. The van der Waals surface area contributed by atoms with Gasteiger partial charge in [-0.05, 0) is 55.5 Å². The summed E-state index contributed by atoms with van der Waals surface area (Å²) in [6.45, 7) is 1.71. The lowest BCUT2D eigenvalue weighted by atomic mass is 10.2. The van der Waals surface area contributed by atoms with Crippen molar-refractivity contribution in [2.45, 2.75) is 6.92 Å². The van der Waals surface area contributed by atoms with Crippen molar-refractivity contribution in [1.82, 2.24) is 10.4 Å². The Morgan fingerprint density at radius 1 is 1.23 bits per heavy atom. The number of benzene rings is 2. The monoisotopic (exact) mass is 520 g/mol. The molecule has 0 aromatic heterocycles. The van der Waals surface area contributed by atoms with E-state index >= 15 is 0 Å². The third-order valence-electron chi connectivity index (χ3n) is 3.95. The number of nitrogens with one attached hydrogen (secondary N) is 1. The molecule has 0 atom stereocenters. The van der Waals surface area contributed by atoms with Crippen LogP contribution in [0.1, 0.15) is 22.8 Å². The molecule has 1 saturated heterocycles. The molecule has 0 radical (unpaired) electrons. The fraction of sp³-hybridized carbons (Fsp3) is 0.143. The first-order chi connectivity index (χ1) is 14.9. The van der Waals surface area contributed by atoms with Crippen LogP contribution in [0.4, 0.5) is 0 Å². The number of ether oxygens (including phenoxy) is 2. The molecule has 2 aromatic carbocycles. The zero-order valence-corrected chi connectivity index (χ0v) is 19.5. The van der Waals surface area contributed by atoms with Crippen molar-refractivity contribution in [2.75, 3.05) is 13.2 Å². The van der Waals surface area contributed by atoms with E-state index in [1.165, 1.54) is 0 Å². The molecule has 0 saturated carbocycles. The third kappa shape index (κ3) is 5.93. The Hall–Kier alpha value is -2.69. The summed E-state index contributed by atoms with van der Waals surface area (Å²) in [6, 6.07) is 13.7. The number of rotatable bonds is 7. The van der Waals surface area contributed by atoms with E-state index in [0.29, 0.717) is 21.8 Å². The minimum Gasteiger partial charge on any atom is -0.481 e. The van der Waals surface area contributed by atoms with Gasteiger partial charge in [-0.2, -0.15) is 5.01 Å². The minimum absolute atomic E-state index is 0.199. The first-order valence-electron chi connectivity index (χ1n) is 9.11. The predicted molar refractivity (Wildman–Crippen MR) is 125 cm³/mol. The summed E-state index contributed by atoms with van der Waals surface area (Å²) in [5.41, 5.74) is 3.50. The molecule has 1 heterocycles. The first-order valence-corrected chi connectivity index (χ1v) is 11.1. The van der Waals surface area contributed by atoms with Crippen molar-refractivity contribution in [3.05, 3.63) is 69.0 Å². The number of hydrogen-bond acceptors (Lipinski definition) is 7. The van der Waals surface area contributed by atoms with Crippen LogP contribution >= 0.6 is 39.9 Å². The highest BCUT2D eigenvalue weighted by molar-refractivity contribution is 9.10. The van der Waals surface area contributed by atoms with Crippen LogP contribution in [0.25, 0.3) is 6.08 Å². The van der Waals surface area contributed by atoms with E-state index in [-0.39, 0.29) is 17.5 Å². The van der Waals surface area contributed by atoms with Crippen molar-refractivity contribution in [3.8, 4) is 5.75 Å². The van der Waals surface area contributed by atoms with Gasteiger partial charge in [-0.25, -0.2) is 4.79 Å². The summed E-state index contributed by atoms with van der Waals surface area (Å²) in [5.74, 6) is -1.00. The van der Waals surface area contributed by atoms with Gasteiger partial charge in [0.1, 0.15) is 5.75 Å². The Balaban J connectivity index is 1.78. The lowest BCUT2D eigenvalue weighted by molar-refractivity contribution is -0.145. The number of esters is 1. The predicted octanol–water partition coefficient (Wildman–Crippen LogP) is 3.94. The molecular formula is C21H17BrN2O5S2. The first kappa shape index (κ1) is 23.0. The lowest BCUT2D eigenvalue weighted by Gasteiger charge is -2.15. The number of hydrazine groups is 1. The highest BCUT2D eigenvalue weighted by Gasteiger charge is 2.34. The van der Waals surface area contributed by atoms with Crippen LogP contribution in [0.2, 0.25) is 0 Å². The second-order valence-corrected chi connectivity index (χ2v) is 8.69. The van der Waals surface area contributed by atoms with E-state index in [4.69, 9.17) is 21.7 Å². The largest absolute Gasteiger partial charge is 0.481 e. The fourth-order valence-electron chi connectivity index (χ4n) is 2.56. The zero-order valence-electron chi connectivity index (χ0n) is 16.3. The van der Waals surface area contributed by atoms with Crippen LogP contribution in [0.15, 0.2) is 57.9 Å². The molecule has 2 aromatic rings. The van der Waals surface area contributed by atoms with E-state index in [2.05, 4.69) is 21.4 Å². The molecule has 1 aliphatic rings. The topological polar surface area (TPSA) is 84.9 Å². The molecule has 7 nitrogen and oxygen atoms in total. The molecule has 160 valence electrons. The second-order valence-electron chi connectivity index (χ2n) is 6.10. The highest BCUT2D eigenvalue weighted by Crippen LogP contribution is 2.34. The van der Waals surface area contributed by atoms with Gasteiger partial charge in [0.2, 0.25) is 0 Å². The van der Waals surface area contributed by atoms with Crippen LogP contribution in [-0.4, -0.2) is 40.3 Å². The van der Waals surface area contributed by atoms with E-state index in [0.717, 1.165) is 21.2 Å². The Kier molecular flexibility index (Phi) is 7.83. The smallest absolute Gasteiger partial charge is 0.344 e. The van der Waals surface area contributed by atoms with Crippen LogP contribution < -0.4 is 10.2 Å². The molecule has 0 spiro atoms. The van der Waals surface area contributed by atoms with Crippen molar-refractivity contribution < 1.29 is 23.9 Å². The van der Waals surface area contributed by atoms with Gasteiger partial charge in [-0.15, -0.1) is 0 Å². The molecule has 10 heteroatoms. The molecule has 0 aliphatic carbocycles. The van der Waals surface area contributed by atoms with E-state index in [1.807, 2.05) is 0 Å². The number of halogens is 1. The van der Waals surface area contributed by atoms with Gasteiger partial charge in [-0.3, -0.25) is 15.0 Å². The van der Waals surface area contributed by atoms with Crippen molar-refractivity contribution in [1.29, 1.82) is 0 Å². The van der Waals surface area contributed by atoms with E-state index in [9.17, 15) is 14.4 Å². The van der Waals surface area contributed by atoms with E-state index < -0.39 is 17.8 Å². The standard InChI is InChI=1S/C21H17BrN2O5S2/c1-2-28-18(25)12-29-16-9-8-15(22)10-14(16)11-17-20(27)24(21(30)31-17)23-19(26)13-6-4-3-5-7-13/h3-11H,2,12H2,1H3,(H,23,26)/b17-11+. The molecule has 31 heavy (non-hydrogen) atoms. The van der Waals surface area contributed by atoms with Crippen molar-refractivity contribution in [2.24, 2.45) is 0 Å². The number of carbonyl (C=O) groups excluding carboxylic acids is 3. The Morgan fingerprint density at radius 3 is 2.68 bits per heavy atom. The summed E-state index contributed by atoms with van der Waals surface area (Å²) in [4.78, 5) is 37.1. The lowest BCUT2D eigenvalue weighted by Crippen LogP contribution is -2.44. The average molecular weight is 521 g/mol. The molecule has 0 bridgehead atoms. The Bertz CT molecular complexity index is 1060. The van der Waals surface area contributed by atoms with Gasteiger partial charge < -0.3 is 9.47 Å². The Labute approximate surface area is 196 Å². The summed E-state index contributed by atoms with van der Waals surface area (Å²) in [5, 5.41) is 1.04. The van der Waals surface area contributed by atoms with Crippen LogP contribution in [0, 0.1) is 0 Å². The summed E-state index contributed by atoms with van der Waals surface area (Å²) < 4.78 is 11.4. The van der Waals surface area contributed by atoms with Gasteiger partial charge >= 0.3 is 5.97 Å². The molecule has 3 rings (SSSR count). The second kappa shape index (κ2) is 10.6. The average Bonchev–Trinajstić information content (AvgIpc) is 3.01. The molecule has 0 unspecified atom stereocenters. The van der Waals surface area contributed by atoms with Crippen LogP contribution in [0.5, 0.6) is 5.75 Å². The fourth-order valence-corrected chi connectivity index (χ4v) is 4.11. The van der Waals surface area contributed by atoms with Gasteiger partial charge in [0.05, 0.1) is 11.5 Å². The van der Waals surface area contributed by atoms with Gasteiger partial charge in [0.25, 0.3) is 11.8 Å². The number of hydrogen-bond donors (Lipinski definition) is 1. The van der Waals surface area contributed by atoms with Crippen molar-refractivity contribution in [3.63, 3.8) is 0 Å². The third-order valence-corrected chi connectivity index (χ3v) is 5.75. The maximum absolute atomic E-state index is 12.8. The van der Waals surface area contributed by atoms with Gasteiger partial charge in [0, 0.05) is 15.6 Å². The zero-order chi connectivity index (χ0) is 22.4. The van der Waals surface area contributed by atoms with Gasteiger partial charge in [0.15, 0.2) is 10.9 Å². The SMILES string of the molecule is CCOC(=O)COc1ccc(Br)cc1/C=C1/SC(=S)N(NC(=O)c2ccccc2)C1=O. The van der Waals surface area contributed by atoms with Gasteiger partial charge in [-0.1, -0.05) is 45.9 Å². The number of amides is 2. The quantitative estimate of drug-likeness (QED) is 0.336. The number of nitrogens with zero attached hydrogens (tertiary/aromatic N) is 1. The number of thioether (sulfide) groups is 1. The number of carbonyl (C=O) groups is 3. The molecule has 1 aliphatic heterocycles. The summed E-state index contributed by atoms with van der Waals surface area (Å²) in [6.07, 6.45) is 1.60. The summed E-state index contributed by atoms with van der Waals surface area (Å²) in [7, 11) is 0. The Morgan fingerprint density at radius 2 is 1.97 bits per heavy atom. The van der Waals surface area contributed by atoms with Crippen LogP contribution in [0.3, 0.4) is 0 Å². The number of thiocarbonyl (C=S) groups is 1. The van der Waals surface area contributed by atoms with Crippen LogP contribution in [-0.2, 0) is 14.3 Å². The van der Waals surface area contributed by atoms with E-state index in [1.54, 1.807) is 61.5 Å². The summed E-state index contributed by atoms with van der Waals surface area (Å²) >= 11 is 9.70. The molecule has 1 N–H and O–H groups in total. The normalized spacial score (nSPS) is 14.6. The maximum Gasteiger partial charge on any atom is 0.344 e. The maximum atomic E-state index is 12.8. The molecule has 1 fully saturated rings.